The monoisotopic (exact) mass is 473 g/mol. The van der Waals surface area contributed by atoms with E-state index in [-0.39, 0.29) is 24.5 Å². The lowest BCUT2D eigenvalue weighted by Crippen LogP contribution is -2.37. The van der Waals surface area contributed by atoms with E-state index in [1.54, 1.807) is 5.38 Å². The zero-order chi connectivity index (χ0) is 23.5. The van der Waals surface area contributed by atoms with Gasteiger partial charge in [-0.15, -0.1) is 11.3 Å². The number of benzene rings is 1. The largest absolute Gasteiger partial charge is 0.444 e. The van der Waals surface area contributed by atoms with Crippen molar-refractivity contribution < 1.29 is 14.3 Å². The van der Waals surface area contributed by atoms with E-state index in [0.717, 1.165) is 36.6 Å². The zero-order valence-corrected chi connectivity index (χ0v) is 19.4. The Morgan fingerprint density at radius 3 is 2.91 bits per heavy atom. The van der Waals surface area contributed by atoms with E-state index in [1.165, 1.54) is 11.3 Å². The second-order valence-electron chi connectivity index (χ2n) is 7.67. The number of rotatable bonds is 8. The SMILES string of the molecule is NC(=NCCCC(N)c1nc(C(=O)N2CCCNCC2)cs1)NC(=O)OCc1ccccc1. The van der Waals surface area contributed by atoms with Gasteiger partial charge in [-0.3, -0.25) is 15.1 Å². The predicted octanol–water partition coefficient (Wildman–Crippen LogP) is 1.60. The van der Waals surface area contributed by atoms with Crippen molar-refractivity contribution in [1.82, 2.24) is 20.5 Å². The van der Waals surface area contributed by atoms with E-state index in [0.29, 0.717) is 31.6 Å². The molecule has 11 heteroatoms. The maximum atomic E-state index is 12.7. The van der Waals surface area contributed by atoms with Crippen LogP contribution in [0.1, 0.15) is 46.4 Å². The van der Waals surface area contributed by atoms with Crippen LogP contribution in [0.2, 0.25) is 0 Å². The van der Waals surface area contributed by atoms with Crippen LogP contribution < -0.4 is 22.1 Å². The van der Waals surface area contributed by atoms with Gasteiger partial charge < -0.3 is 26.4 Å². The summed E-state index contributed by atoms with van der Waals surface area (Å²) in [4.78, 5) is 34.9. The molecule has 178 valence electrons. The highest BCUT2D eigenvalue weighted by Gasteiger charge is 2.21. The molecule has 2 heterocycles. The van der Waals surface area contributed by atoms with E-state index in [4.69, 9.17) is 16.2 Å². The topological polar surface area (TPSA) is 148 Å². The zero-order valence-electron chi connectivity index (χ0n) is 18.5. The summed E-state index contributed by atoms with van der Waals surface area (Å²) in [7, 11) is 0. The predicted molar refractivity (Wildman–Crippen MR) is 128 cm³/mol. The van der Waals surface area contributed by atoms with E-state index < -0.39 is 6.09 Å². The Hall–Kier alpha value is -3.02. The maximum absolute atomic E-state index is 12.7. The van der Waals surface area contributed by atoms with Crippen LogP contribution >= 0.6 is 11.3 Å². The summed E-state index contributed by atoms with van der Waals surface area (Å²) < 4.78 is 5.10. The number of amides is 2. The number of aliphatic imine (C=N–C) groups is 1. The fraction of sp³-hybridized carbons (Fsp3) is 0.455. The molecular weight excluding hydrogens is 442 g/mol. The Bertz CT molecular complexity index is 927. The summed E-state index contributed by atoms with van der Waals surface area (Å²) >= 11 is 1.40. The Balaban J connectivity index is 1.37. The minimum Gasteiger partial charge on any atom is -0.444 e. The van der Waals surface area contributed by atoms with Crippen LogP contribution in [0, 0.1) is 0 Å². The first kappa shape index (κ1) is 24.6. The van der Waals surface area contributed by atoms with Crippen LogP contribution in [-0.4, -0.2) is 60.6 Å². The molecule has 1 saturated heterocycles. The van der Waals surface area contributed by atoms with E-state index >= 15 is 0 Å². The molecule has 1 aromatic heterocycles. The Labute approximate surface area is 197 Å². The molecule has 0 spiro atoms. The third kappa shape index (κ3) is 8.12. The van der Waals surface area contributed by atoms with Crippen LogP contribution in [0.5, 0.6) is 0 Å². The average molecular weight is 474 g/mol. The summed E-state index contributed by atoms with van der Waals surface area (Å²) in [6.45, 7) is 3.70. The first-order chi connectivity index (χ1) is 16.0. The highest BCUT2D eigenvalue weighted by atomic mass is 32.1. The second-order valence-corrected chi connectivity index (χ2v) is 8.56. The van der Waals surface area contributed by atoms with Crippen LogP contribution in [0.15, 0.2) is 40.7 Å². The molecule has 0 radical (unpaired) electrons. The number of carbonyl (C=O) groups excluding carboxylic acids is 2. The van der Waals surface area contributed by atoms with Crippen LogP contribution in [0.4, 0.5) is 4.79 Å². The standard InChI is InChI=1S/C22H31N7O3S/c23-17(19-27-18(15-33-19)20(30)29-12-5-9-25-11-13-29)8-4-10-26-21(24)28-22(31)32-14-16-6-2-1-3-7-16/h1-3,6-7,15,17,25H,4-5,8-14,23H2,(H3,24,26,28,31). The van der Waals surface area contributed by atoms with Crippen LogP contribution in [0.25, 0.3) is 0 Å². The number of thiazole rings is 1. The molecule has 1 atom stereocenters. The van der Waals surface area contributed by atoms with Crippen molar-refractivity contribution in [2.24, 2.45) is 16.5 Å². The summed E-state index contributed by atoms with van der Waals surface area (Å²) in [5.74, 6) is -0.0493. The minimum absolute atomic E-state index is 0.00398. The summed E-state index contributed by atoms with van der Waals surface area (Å²) in [6.07, 6.45) is 1.57. The molecule has 0 bridgehead atoms. The molecule has 6 N–H and O–H groups in total. The van der Waals surface area contributed by atoms with Gasteiger partial charge in [-0.2, -0.15) is 0 Å². The van der Waals surface area contributed by atoms with Crippen molar-refractivity contribution in [2.75, 3.05) is 32.7 Å². The summed E-state index contributed by atoms with van der Waals surface area (Å²) in [6, 6.07) is 9.07. The fourth-order valence-corrected chi connectivity index (χ4v) is 4.13. The summed E-state index contributed by atoms with van der Waals surface area (Å²) in [5.41, 5.74) is 13.3. The van der Waals surface area contributed by atoms with Gasteiger partial charge in [0, 0.05) is 31.6 Å². The Morgan fingerprint density at radius 2 is 2.09 bits per heavy atom. The molecule has 10 nitrogen and oxygen atoms in total. The van der Waals surface area contributed by atoms with Crippen molar-refractivity contribution in [2.45, 2.75) is 31.9 Å². The van der Waals surface area contributed by atoms with Gasteiger partial charge in [0.2, 0.25) is 0 Å². The van der Waals surface area contributed by atoms with E-state index in [9.17, 15) is 9.59 Å². The number of carbonyl (C=O) groups is 2. The van der Waals surface area contributed by atoms with Crippen LogP contribution in [0.3, 0.4) is 0 Å². The molecule has 1 aromatic carbocycles. The molecule has 3 rings (SSSR count). The van der Waals surface area contributed by atoms with Gasteiger partial charge in [0.25, 0.3) is 5.91 Å². The number of alkyl carbamates (subject to hydrolysis) is 1. The van der Waals surface area contributed by atoms with E-state index in [2.05, 4.69) is 20.6 Å². The van der Waals surface area contributed by atoms with Gasteiger partial charge in [-0.25, -0.2) is 9.78 Å². The molecule has 33 heavy (non-hydrogen) atoms. The summed E-state index contributed by atoms with van der Waals surface area (Å²) in [5, 5.41) is 8.19. The van der Waals surface area contributed by atoms with Gasteiger partial charge in [-0.05, 0) is 31.4 Å². The molecule has 1 aliphatic rings. The van der Waals surface area contributed by atoms with Gasteiger partial charge >= 0.3 is 6.09 Å². The van der Waals surface area contributed by atoms with Gasteiger partial charge in [0.1, 0.15) is 17.3 Å². The quantitative estimate of drug-likeness (QED) is 0.258. The highest BCUT2D eigenvalue weighted by Crippen LogP contribution is 2.21. The van der Waals surface area contributed by atoms with Crippen molar-refractivity contribution in [3.05, 3.63) is 52.0 Å². The number of nitrogens with one attached hydrogen (secondary N) is 2. The van der Waals surface area contributed by atoms with Gasteiger partial charge in [0.05, 0.1) is 6.04 Å². The number of nitrogens with two attached hydrogens (primary N) is 2. The third-order valence-corrected chi connectivity index (χ3v) is 6.06. The molecule has 1 aliphatic heterocycles. The lowest BCUT2D eigenvalue weighted by atomic mass is 10.2. The van der Waals surface area contributed by atoms with Gasteiger partial charge in [-0.1, -0.05) is 30.3 Å². The number of aromatic nitrogens is 1. The number of hydrogen-bond acceptors (Lipinski definition) is 8. The molecule has 1 fully saturated rings. The number of guanidine groups is 1. The van der Waals surface area contributed by atoms with Crippen LogP contribution in [-0.2, 0) is 11.3 Å². The highest BCUT2D eigenvalue weighted by molar-refractivity contribution is 7.09. The fourth-order valence-electron chi connectivity index (χ4n) is 3.30. The normalized spacial score (nSPS) is 15.5. The van der Waals surface area contributed by atoms with E-state index in [1.807, 2.05) is 35.2 Å². The average Bonchev–Trinajstić information content (AvgIpc) is 3.16. The second kappa shape index (κ2) is 12.9. The molecule has 0 aliphatic carbocycles. The Morgan fingerprint density at radius 1 is 1.27 bits per heavy atom. The van der Waals surface area contributed by atoms with Gasteiger partial charge in [0.15, 0.2) is 5.96 Å². The molecule has 2 amide bonds. The first-order valence-corrected chi connectivity index (χ1v) is 11.9. The third-order valence-electron chi connectivity index (χ3n) is 5.08. The smallest absolute Gasteiger partial charge is 0.414 e. The number of hydrogen-bond donors (Lipinski definition) is 4. The molecule has 0 saturated carbocycles. The lowest BCUT2D eigenvalue weighted by Gasteiger charge is -2.18. The van der Waals surface area contributed by atoms with Crippen molar-refractivity contribution >= 4 is 29.3 Å². The van der Waals surface area contributed by atoms with Crippen molar-refractivity contribution in [3.63, 3.8) is 0 Å². The van der Waals surface area contributed by atoms with Crippen molar-refractivity contribution in [1.29, 1.82) is 0 Å². The molecule has 1 unspecified atom stereocenters. The number of nitrogens with zero attached hydrogens (tertiary/aromatic N) is 3. The number of ether oxygens (including phenoxy) is 1. The van der Waals surface area contributed by atoms with Crippen molar-refractivity contribution in [3.8, 4) is 0 Å². The Kier molecular flexibility index (Phi) is 9.60. The maximum Gasteiger partial charge on any atom is 0.414 e. The molecular formula is C22H31N7O3S. The lowest BCUT2D eigenvalue weighted by molar-refractivity contribution is 0.0761. The molecule has 2 aromatic rings. The first-order valence-electron chi connectivity index (χ1n) is 11.0. The minimum atomic E-state index is -0.656.